The van der Waals surface area contributed by atoms with E-state index < -0.39 is 46.7 Å². The predicted molar refractivity (Wildman–Crippen MR) is 112 cm³/mol. The highest BCUT2D eigenvalue weighted by Gasteiger charge is 2.30. The lowest BCUT2D eigenvalue weighted by atomic mass is 9.97. The number of azo groups is 1. The minimum absolute atomic E-state index is 0.0416. The summed E-state index contributed by atoms with van der Waals surface area (Å²) in [5.74, 6) is -15.8. The molecule has 0 fully saturated rings. The Hall–Kier alpha value is -4.61. The number of allylic oxidation sites excluding steroid dienone is 2. The molecule has 0 atom stereocenters. The first-order chi connectivity index (χ1) is 17.2. The Labute approximate surface area is 198 Å². The van der Waals surface area contributed by atoms with Crippen molar-refractivity contribution in [3.8, 4) is 5.75 Å². The first-order valence-electron chi connectivity index (χ1n) is 10.1. The molecular weight excluding hydrogens is 489 g/mol. The molecule has 1 aliphatic carbocycles. The third-order valence-corrected chi connectivity index (χ3v) is 5.07. The molecule has 0 spiro atoms. The van der Waals surface area contributed by atoms with Gasteiger partial charge in [0.05, 0.1) is 12.1 Å². The first-order valence-corrected chi connectivity index (χ1v) is 10.1. The van der Waals surface area contributed by atoms with Gasteiger partial charge in [-0.1, -0.05) is 18.2 Å². The van der Waals surface area contributed by atoms with E-state index in [2.05, 4.69) is 19.9 Å². The van der Waals surface area contributed by atoms with Crippen LogP contribution in [0.5, 0.6) is 5.75 Å². The van der Waals surface area contributed by atoms with E-state index in [4.69, 9.17) is 0 Å². The van der Waals surface area contributed by atoms with Gasteiger partial charge in [0.15, 0.2) is 17.4 Å². The Morgan fingerprint density at radius 2 is 1.42 bits per heavy atom. The highest BCUT2D eigenvalue weighted by atomic mass is 19.2. The standard InChI is InChI=1S/C24H12F5N3O4/c25-18-19(26)21(28)23(22(29)20(18)27)36-24(35)12-3-1-11(2-4-12)9-31-32-16-8-5-13(10-30-16)17-14(33)6-7-15(17)34/h1-8,10,17H,9H2. The minimum Gasteiger partial charge on any atom is -0.416 e. The van der Waals surface area contributed by atoms with E-state index in [1.807, 2.05) is 0 Å². The van der Waals surface area contributed by atoms with Crippen molar-refractivity contribution >= 4 is 23.4 Å². The molecule has 1 aromatic heterocycles. The van der Waals surface area contributed by atoms with E-state index in [-0.39, 0.29) is 29.5 Å². The van der Waals surface area contributed by atoms with Crippen LogP contribution < -0.4 is 4.74 Å². The van der Waals surface area contributed by atoms with Crippen LogP contribution in [0.3, 0.4) is 0 Å². The molecule has 1 aliphatic rings. The number of rotatable bonds is 6. The number of aromatic nitrogens is 1. The molecular formula is C24H12F5N3O4. The molecule has 7 nitrogen and oxygen atoms in total. The van der Waals surface area contributed by atoms with Gasteiger partial charge in [-0.2, -0.15) is 13.9 Å². The van der Waals surface area contributed by atoms with Crippen LogP contribution in [0.4, 0.5) is 27.8 Å². The molecule has 0 aliphatic heterocycles. The van der Waals surface area contributed by atoms with Gasteiger partial charge in [0.25, 0.3) is 0 Å². The average Bonchev–Trinajstić information content (AvgIpc) is 3.22. The average molecular weight is 501 g/mol. The Kier molecular flexibility index (Phi) is 6.77. The van der Waals surface area contributed by atoms with Crippen molar-refractivity contribution in [1.29, 1.82) is 0 Å². The molecule has 0 bridgehead atoms. The zero-order valence-electron chi connectivity index (χ0n) is 17.8. The first kappa shape index (κ1) is 24.5. The number of pyridine rings is 1. The summed E-state index contributed by atoms with van der Waals surface area (Å²) in [6.45, 7) is 0.0416. The summed E-state index contributed by atoms with van der Waals surface area (Å²) >= 11 is 0. The quantitative estimate of drug-likeness (QED) is 0.0894. The lowest BCUT2D eigenvalue weighted by Gasteiger charge is -2.09. The summed E-state index contributed by atoms with van der Waals surface area (Å²) in [5, 5.41) is 7.86. The lowest BCUT2D eigenvalue weighted by Crippen LogP contribution is -2.13. The number of hydrogen-bond acceptors (Lipinski definition) is 7. The second-order valence-electron chi connectivity index (χ2n) is 7.41. The molecule has 12 heteroatoms. The van der Waals surface area contributed by atoms with E-state index in [0.29, 0.717) is 11.1 Å². The number of esters is 1. The van der Waals surface area contributed by atoms with Crippen LogP contribution >= 0.6 is 0 Å². The summed E-state index contributed by atoms with van der Waals surface area (Å²) in [4.78, 5) is 39.6. The molecule has 0 unspecified atom stereocenters. The Bertz CT molecular complexity index is 1390. The van der Waals surface area contributed by atoms with Crippen LogP contribution in [0, 0.1) is 29.1 Å². The molecule has 2 aromatic carbocycles. The Morgan fingerprint density at radius 1 is 0.833 bits per heavy atom. The second-order valence-corrected chi connectivity index (χ2v) is 7.41. The molecule has 0 amide bonds. The van der Waals surface area contributed by atoms with Gasteiger partial charge in [0.2, 0.25) is 34.8 Å². The van der Waals surface area contributed by atoms with Crippen molar-refractivity contribution in [1.82, 2.24) is 4.98 Å². The number of ketones is 2. The van der Waals surface area contributed by atoms with E-state index >= 15 is 0 Å². The summed E-state index contributed by atoms with van der Waals surface area (Å²) in [7, 11) is 0. The number of carbonyl (C=O) groups is 3. The summed E-state index contributed by atoms with van der Waals surface area (Å²) in [6, 6.07) is 8.26. The lowest BCUT2D eigenvalue weighted by molar-refractivity contribution is -0.122. The maximum absolute atomic E-state index is 13.7. The third-order valence-electron chi connectivity index (χ3n) is 5.07. The Balaban J connectivity index is 1.38. The highest BCUT2D eigenvalue weighted by molar-refractivity contribution is 6.22. The van der Waals surface area contributed by atoms with E-state index in [1.54, 1.807) is 6.07 Å². The van der Waals surface area contributed by atoms with Gasteiger partial charge in [0.1, 0.15) is 5.92 Å². The predicted octanol–water partition coefficient (Wildman–Crippen LogP) is 5.07. The fourth-order valence-corrected chi connectivity index (χ4v) is 3.21. The van der Waals surface area contributed by atoms with E-state index in [0.717, 1.165) is 0 Å². The van der Waals surface area contributed by atoms with Crippen LogP contribution in [0.25, 0.3) is 0 Å². The van der Waals surface area contributed by atoms with Crippen molar-refractivity contribution < 1.29 is 41.1 Å². The summed E-state index contributed by atoms with van der Waals surface area (Å²) in [6.07, 6.45) is 3.78. The van der Waals surface area contributed by atoms with E-state index in [9.17, 15) is 36.3 Å². The van der Waals surface area contributed by atoms with Gasteiger partial charge in [-0.3, -0.25) is 9.59 Å². The van der Waals surface area contributed by atoms with Crippen LogP contribution in [0.1, 0.15) is 27.4 Å². The molecule has 4 rings (SSSR count). The van der Waals surface area contributed by atoms with Crippen molar-refractivity contribution in [3.05, 3.63) is 101 Å². The van der Waals surface area contributed by atoms with Gasteiger partial charge in [0, 0.05) is 6.20 Å². The van der Waals surface area contributed by atoms with Crippen molar-refractivity contribution in [2.45, 2.75) is 12.5 Å². The number of nitrogens with zero attached hydrogens (tertiary/aromatic N) is 3. The SMILES string of the molecule is O=C(Oc1c(F)c(F)c(F)c(F)c1F)c1ccc(CN=Nc2ccc(C3C(=O)C=CC3=O)cn2)cc1. The summed E-state index contributed by atoms with van der Waals surface area (Å²) in [5.41, 5.74) is 0.765. The van der Waals surface area contributed by atoms with Crippen LogP contribution in [0.2, 0.25) is 0 Å². The zero-order valence-corrected chi connectivity index (χ0v) is 17.8. The molecule has 3 aromatic rings. The smallest absolute Gasteiger partial charge is 0.343 e. The fraction of sp³-hybridized carbons (Fsp3) is 0.0833. The fourth-order valence-electron chi connectivity index (χ4n) is 3.21. The number of ether oxygens (including phenoxy) is 1. The van der Waals surface area contributed by atoms with Crippen LogP contribution in [-0.4, -0.2) is 22.5 Å². The topological polar surface area (TPSA) is 98.0 Å². The number of hydrogen-bond donors (Lipinski definition) is 0. The van der Waals surface area contributed by atoms with Crippen molar-refractivity contribution in [2.24, 2.45) is 10.2 Å². The normalized spacial score (nSPS) is 13.7. The molecule has 182 valence electrons. The maximum atomic E-state index is 13.7. The van der Waals surface area contributed by atoms with Gasteiger partial charge >= 0.3 is 5.97 Å². The minimum atomic E-state index is -2.37. The largest absolute Gasteiger partial charge is 0.416 e. The zero-order chi connectivity index (χ0) is 26.0. The van der Waals surface area contributed by atoms with Gasteiger partial charge in [-0.05, 0) is 41.5 Å². The number of halogens is 5. The molecule has 0 N–H and O–H groups in total. The molecule has 0 saturated heterocycles. The van der Waals surface area contributed by atoms with Crippen molar-refractivity contribution in [3.63, 3.8) is 0 Å². The number of benzene rings is 2. The van der Waals surface area contributed by atoms with Gasteiger partial charge in [-0.15, -0.1) is 5.11 Å². The highest BCUT2D eigenvalue weighted by Crippen LogP contribution is 2.30. The van der Waals surface area contributed by atoms with Gasteiger partial charge < -0.3 is 4.74 Å². The third kappa shape index (κ3) is 4.78. The van der Waals surface area contributed by atoms with Crippen LogP contribution in [0.15, 0.2) is 65.0 Å². The molecule has 0 saturated carbocycles. The van der Waals surface area contributed by atoms with Gasteiger partial charge in [-0.25, -0.2) is 22.9 Å². The van der Waals surface area contributed by atoms with E-state index in [1.165, 1.54) is 48.7 Å². The maximum Gasteiger partial charge on any atom is 0.343 e. The summed E-state index contributed by atoms with van der Waals surface area (Å²) < 4.78 is 71.4. The Morgan fingerprint density at radius 3 is 1.97 bits per heavy atom. The van der Waals surface area contributed by atoms with Crippen LogP contribution in [-0.2, 0) is 16.1 Å². The monoisotopic (exact) mass is 501 g/mol. The molecule has 1 heterocycles. The molecule has 36 heavy (non-hydrogen) atoms. The van der Waals surface area contributed by atoms with Crippen molar-refractivity contribution in [2.75, 3.05) is 0 Å². The number of carbonyl (C=O) groups excluding carboxylic acids is 3. The second kappa shape index (κ2) is 9.94. The molecule has 0 radical (unpaired) electrons.